The number of aromatic nitrogens is 1. The van der Waals surface area contributed by atoms with Crippen LogP contribution >= 0.6 is 11.6 Å². The molecule has 2 spiro atoms. The zero-order valence-electron chi connectivity index (χ0n) is 17.4. The molecular formula is C23H30ClN3O3. The minimum Gasteiger partial charge on any atom is -0.383 e. The van der Waals surface area contributed by atoms with Gasteiger partial charge in [0.15, 0.2) is 0 Å². The molecule has 162 valence electrons. The van der Waals surface area contributed by atoms with E-state index in [-0.39, 0.29) is 0 Å². The van der Waals surface area contributed by atoms with Crippen LogP contribution in [0.5, 0.6) is 0 Å². The van der Waals surface area contributed by atoms with E-state index in [1.54, 1.807) is 0 Å². The van der Waals surface area contributed by atoms with E-state index in [2.05, 4.69) is 15.2 Å². The zero-order valence-corrected chi connectivity index (χ0v) is 18.1. The fraction of sp³-hybridized carbons (Fsp3) is 0.609. The Morgan fingerprint density at radius 3 is 2.47 bits per heavy atom. The first kappa shape index (κ1) is 20.5. The third-order valence-electron chi connectivity index (χ3n) is 6.65. The molecule has 2 aliphatic heterocycles. The van der Waals surface area contributed by atoms with Gasteiger partial charge in [0.05, 0.1) is 5.52 Å². The van der Waals surface area contributed by atoms with Crippen LogP contribution in [0, 0.1) is 0 Å². The molecule has 5 rings (SSSR count). The van der Waals surface area contributed by atoms with Crippen molar-refractivity contribution < 1.29 is 14.5 Å². The van der Waals surface area contributed by atoms with Gasteiger partial charge in [-0.1, -0.05) is 24.4 Å². The van der Waals surface area contributed by atoms with E-state index in [0.717, 1.165) is 81.3 Å². The van der Waals surface area contributed by atoms with E-state index in [1.807, 2.05) is 30.5 Å². The van der Waals surface area contributed by atoms with E-state index in [0.29, 0.717) is 5.02 Å². The van der Waals surface area contributed by atoms with Crippen molar-refractivity contribution in [2.75, 3.05) is 31.5 Å². The molecule has 0 bridgehead atoms. The van der Waals surface area contributed by atoms with Gasteiger partial charge in [-0.15, -0.1) is 0 Å². The highest BCUT2D eigenvalue weighted by atomic mass is 35.5. The lowest BCUT2D eigenvalue weighted by molar-refractivity contribution is -0.357. The topological polar surface area (TPSA) is 55.9 Å². The van der Waals surface area contributed by atoms with Crippen molar-refractivity contribution in [1.29, 1.82) is 0 Å². The highest BCUT2D eigenvalue weighted by molar-refractivity contribution is 6.31. The van der Waals surface area contributed by atoms with Crippen LogP contribution in [0.2, 0.25) is 5.02 Å². The Bertz CT molecular complexity index is 877. The van der Waals surface area contributed by atoms with Crippen molar-refractivity contribution in [1.82, 2.24) is 9.88 Å². The monoisotopic (exact) mass is 431 g/mol. The fourth-order valence-corrected chi connectivity index (χ4v) is 5.07. The van der Waals surface area contributed by atoms with Gasteiger partial charge in [0.25, 0.3) is 0 Å². The summed E-state index contributed by atoms with van der Waals surface area (Å²) in [5, 5.41) is 5.36. The number of anilines is 1. The third kappa shape index (κ3) is 4.30. The van der Waals surface area contributed by atoms with E-state index in [9.17, 15) is 0 Å². The molecule has 3 fully saturated rings. The van der Waals surface area contributed by atoms with Gasteiger partial charge >= 0.3 is 0 Å². The van der Waals surface area contributed by atoms with E-state index < -0.39 is 11.6 Å². The van der Waals surface area contributed by atoms with Crippen molar-refractivity contribution in [2.45, 2.75) is 62.9 Å². The van der Waals surface area contributed by atoms with Crippen molar-refractivity contribution in [3.63, 3.8) is 0 Å². The zero-order chi connectivity index (χ0) is 20.4. The van der Waals surface area contributed by atoms with Gasteiger partial charge < -0.3 is 15.0 Å². The van der Waals surface area contributed by atoms with Crippen LogP contribution in [0.3, 0.4) is 0 Å². The summed E-state index contributed by atoms with van der Waals surface area (Å²) in [5.74, 6) is -1.04. The summed E-state index contributed by atoms with van der Waals surface area (Å²) >= 11 is 6.09. The van der Waals surface area contributed by atoms with Crippen molar-refractivity contribution in [3.8, 4) is 0 Å². The summed E-state index contributed by atoms with van der Waals surface area (Å²) in [6.45, 7) is 3.75. The van der Waals surface area contributed by atoms with Gasteiger partial charge in [0.2, 0.25) is 11.6 Å². The van der Waals surface area contributed by atoms with Crippen LogP contribution in [0.25, 0.3) is 10.9 Å². The van der Waals surface area contributed by atoms with Crippen molar-refractivity contribution >= 4 is 28.2 Å². The van der Waals surface area contributed by atoms with Crippen LogP contribution in [-0.2, 0) is 14.5 Å². The van der Waals surface area contributed by atoms with E-state index in [4.69, 9.17) is 26.1 Å². The average Bonchev–Trinajstić information content (AvgIpc) is 2.93. The number of benzene rings is 1. The Balaban J connectivity index is 1.12. The number of nitrogens with zero attached hydrogens (tertiary/aromatic N) is 2. The lowest BCUT2D eigenvalue weighted by atomic mass is 10.0. The number of hydrogen-bond donors (Lipinski definition) is 1. The second-order valence-corrected chi connectivity index (χ2v) is 9.23. The number of rotatable bonds is 4. The molecule has 3 heterocycles. The number of piperidine rings is 1. The molecule has 2 saturated heterocycles. The highest BCUT2D eigenvalue weighted by Gasteiger charge is 2.53. The second kappa shape index (κ2) is 8.60. The molecule has 3 aliphatic rings. The molecule has 6 nitrogen and oxygen atoms in total. The summed E-state index contributed by atoms with van der Waals surface area (Å²) in [5.41, 5.74) is 2.01. The lowest BCUT2D eigenvalue weighted by Crippen LogP contribution is -2.47. The molecule has 1 aromatic heterocycles. The van der Waals surface area contributed by atoms with Crippen LogP contribution in [-0.4, -0.2) is 47.6 Å². The number of ether oxygens (including phenoxy) is 1. The number of halogens is 1. The summed E-state index contributed by atoms with van der Waals surface area (Å²) in [7, 11) is 0. The Morgan fingerprint density at radius 2 is 1.70 bits per heavy atom. The summed E-state index contributed by atoms with van der Waals surface area (Å²) in [6.07, 6.45) is 10.3. The molecule has 7 heteroatoms. The van der Waals surface area contributed by atoms with Gasteiger partial charge in [0.1, 0.15) is 0 Å². The average molecular weight is 432 g/mol. The molecule has 1 aliphatic carbocycles. The Hall–Kier alpha value is -1.44. The van der Waals surface area contributed by atoms with Gasteiger partial charge in [-0.3, -0.25) is 4.98 Å². The number of hydrogen-bond acceptors (Lipinski definition) is 6. The van der Waals surface area contributed by atoms with Crippen LogP contribution in [0.4, 0.5) is 5.69 Å². The van der Waals surface area contributed by atoms with E-state index in [1.165, 1.54) is 12.8 Å². The maximum Gasteiger partial charge on any atom is 0.207 e. The predicted octanol–water partition coefficient (Wildman–Crippen LogP) is 5.12. The maximum atomic E-state index is 6.47. The number of likely N-dealkylation sites (tertiary alicyclic amines) is 1. The van der Waals surface area contributed by atoms with Crippen molar-refractivity contribution in [2.24, 2.45) is 0 Å². The van der Waals surface area contributed by atoms with E-state index >= 15 is 0 Å². The molecule has 1 aromatic carbocycles. The quantitative estimate of drug-likeness (QED) is 0.678. The molecule has 0 amide bonds. The van der Waals surface area contributed by atoms with Crippen LogP contribution in [0.15, 0.2) is 30.5 Å². The van der Waals surface area contributed by atoms with Gasteiger partial charge in [-0.2, -0.15) is 9.78 Å². The van der Waals surface area contributed by atoms with Crippen LogP contribution < -0.4 is 5.32 Å². The largest absolute Gasteiger partial charge is 0.383 e. The molecule has 0 atom stereocenters. The first-order chi connectivity index (χ1) is 14.7. The molecule has 30 heavy (non-hydrogen) atoms. The first-order valence-corrected chi connectivity index (χ1v) is 11.6. The second-order valence-electron chi connectivity index (χ2n) is 8.79. The summed E-state index contributed by atoms with van der Waals surface area (Å²) < 4.78 is 6.47. The normalized spacial score (nSPS) is 23.8. The number of nitrogens with one attached hydrogen (secondary N) is 1. The maximum absolute atomic E-state index is 6.47. The predicted molar refractivity (Wildman–Crippen MR) is 117 cm³/mol. The minimum absolute atomic E-state index is 0.495. The third-order valence-corrected chi connectivity index (χ3v) is 6.88. The highest BCUT2D eigenvalue weighted by Crippen LogP contribution is 2.45. The fourth-order valence-electron chi connectivity index (χ4n) is 4.90. The molecule has 0 radical (unpaired) electrons. The smallest absolute Gasteiger partial charge is 0.207 e. The molecule has 0 unspecified atom stereocenters. The molecule has 2 aromatic rings. The van der Waals surface area contributed by atoms with Crippen molar-refractivity contribution in [3.05, 3.63) is 35.5 Å². The van der Waals surface area contributed by atoms with Crippen LogP contribution in [0.1, 0.15) is 51.4 Å². The summed E-state index contributed by atoms with van der Waals surface area (Å²) in [6, 6.07) is 7.85. The summed E-state index contributed by atoms with van der Waals surface area (Å²) in [4.78, 5) is 18.5. The first-order valence-electron chi connectivity index (χ1n) is 11.2. The SMILES string of the molecule is Clc1ccc2c(NCCN3CCC4(CC3)OOC3(CCCCCC3)O4)ccnc2c1. The number of fused-ring (bicyclic) bond motifs is 1. The Morgan fingerprint density at radius 1 is 0.967 bits per heavy atom. The molecular weight excluding hydrogens is 402 g/mol. The van der Waals surface area contributed by atoms with Gasteiger partial charge in [-0.25, -0.2) is 0 Å². The Kier molecular flexibility index (Phi) is 5.86. The standard InChI is InChI=1S/C23H30ClN3O3/c24-18-5-6-19-20(7-12-25-21(19)17-18)26-13-16-27-14-10-23(11-15-27)28-22(29-30-23)8-3-1-2-4-9-22/h5-7,12,17H,1-4,8-11,13-16H2,(H,25,26). The Labute approximate surface area is 182 Å². The minimum atomic E-state index is -0.547. The lowest BCUT2D eigenvalue weighted by Gasteiger charge is -2.37. The molecule has 1 N–H and O–H groups in total. The van der Waals surface area contributed by atoms with Gasteiger partial charge in [-0.05, 0) is 37.1 Å². The van der Waals surface area contributed by atoms with Gasteiger partial charge in [0, 0.05) is 74.2 Å². The number of pyridine rings is 1. The molecule has 1 saturated carbocycles.